The monoisotopic (exact) mass is 543 g/mol. The zero-order valence-electron chi connectivity index (χ0n) is 19.5. The summed E-state index contributed by atoms with van der Waals surface area (Å²) >= 11 is 13.2. The minimum absolute atomic E-state index is 0.284. The Morgan fingerprint density at radius 2 is 0.806 bits per heavy atom. The summed E-state index contributed by atoms with van der Waals surface area (Å²) in [5.74, 6) is -0.284. The fourth-order valence-corrected chi connectivity index (χ4v) is 12.7. The Bertz CT molecular complexity index is 1400. The third kappa shape index (κ3) is 4.25. The van der Waals surface area contributed by atoms with Crippen LogP contribution in [0.15, 0.2) is 121 Å². The fraction of sp³-hybridized carbons (Fsp3) is 0.0357. The van der Waals surface area contributed by atoms with Gasteiger partial charge in [0.2, 0.25) is 0 Å². The normalized spacial score (nSPS) is 11.8. The van der Waals surface area contributed by atoms with E-state index in [-0.39, 0.29) is 5.91 Å². The molecule has 0 saturated heterocycles. The van der Waals surface area contributed by atoms with E-state index in [9.17, 15) is 4.79 Å². The molecule has 0 fully saturated rings. The van der Waals surface area contributed by atoms with Crippen molar-refractivity contribution in [3.63, 3.8) is 0 Å². The number of nitrogens with zero attached hydrogens (tertiary/aromatic N) is 3. The van der Waals surface area contributed by atoms with Gasteiger partial charge in [-0.05, 0) is 21.2 Å². The minimum atomic E-state index is -2.72. The first kappa shape index (κ1) is 24.7. The van der Waals surface area contributed by atoms with Gasteiger partial charge in [-0.2, -0.15) is 0 Å². The van der Waals surface area contributed by atoms with Gasteiger partial charge in [-0.1, -0.05) is 145 Å². The van der Waals surface area contributed by atoms with Crippen molar-refractivity contribution in [2.45, 2.75) is 6.92 Å². The molecule has 0 spiro atoms. The molecule has 8 heteroatoms. The highest BCUT2D eigenvalue weighted by molar-refractivity contribution is 8.28. The second-order valence-electron chi connectivity index (χ2n) is 8.22. The van der Waals surface area contributed by atoms with Gasteiger partial charge in [-0.25, -0.2) is 0 Å². The first-order valence-corrected chi connectivity index (χ1v) is 17.0. The predicted molar refractivity (Wildman–Crippen MR) is 158 cm³/mol. The summed E-state index contributed by atoms with van der Waals surface area (Å²) in [6, 6.07) is 34.6. The smallest absolute Gasteiger partial charge is 0.261 e. The second-order valence-corrected chi connectivity index (χ2v) is 16.9. The number of aromatic nitrogens is 3. The Morgan fingerprint density at radius 3 is 1.03 bits per heavy atom. The maximum atomic E-state index is 12.6. The van der Waals surface area contributed by atoms with Gasteiger partial charge in [0.1, 0.15) is 10.9 Å². The lowest BCUT2D eigenvalue weighted by Crippen LogP contribution is -2.38. The summed E-state index contributed by atoms with van der Waals surface area (Å²) in [6.07, 6.45) is 0. The van der Waals surface area contributed by atoms with Gasteiger partial charge < -0.3 is 0 Å². The molecule has 0 aliphatic rings. The zero-order valence-corrected chi connectivity index (χ0v) is 22.9. The zero-order chi connectivity index (χ0) is 25.2. The molecule has 0 atom stereocenters. The van der Waals surface area contributed by atoms with Gasteiger partial charge in [0, 0.05) is 6.92 Å². The number of carbonyl (C=O) groups is 1. The highest BCUT2D eigenvalue weighted by atomic mass is 32.4. The lowest BCUT2D eigenvalue weighted by atomic mass is 10.4. The van der Waals surface area contributed by atoms with Gasteiger partial charge in [0.15, 0.2) is 0 Å². The van der Waals surface area contributed by atoms with E-state index >= 15 is 0 Å². The van der Waals surface area contributed by atoms with Crippen molar-refractivity contribution in [3.05, 3.63) is 121 Å². The van der Waals surface area contributed by atoms with E-state index in [4.69, 9.17) is 33.8 Å². The molecule has 0 aliphatic heterocycles. The fourth-order valence-electron chi connectivity index (χ4n) is 4.18. The molecule has 178 valence electrons. The van der Waals surface area contributed by atoms with Crippen LogP contribution in [0.3, 0.4) is 0 Å². The molecule has 0 aliphatic carbocycles. The topological polar surface area (TPSA) is 47.8 Å². The van der Waals surface area contributed by atoms with Crippen LogP contribution in [0.25, 0.3) is 0 Å². The highest BCUT2D eigenvalue weighted by Crippen LogP contribution is 2.48. The molecule has 4 nitrogen and oxygen atoms in total. The molecule has 0 unspecified atom stereocenters. The number of rotatable bonds is 6. The Balaban J connectivity index is 1.91. The lowest BCUT2D eigenvalue weighted by Gasteiger charge is -2.27. The van der Waals surface area contributed by atoms with Gasteiger partial charge in [-0.15, -0.1) is 15.0 Å². The molecule has 1 aromatic heterocycles. The number of carbonyl (C=O) groups excluding carboxylic acids is 1. The van der Waals surface area contributed by atoms with E-state index in [1.54, 1.807) is 0 Å². The highest BCUT2D eigenvalue weighted by Gasteiger charge is 2.39. The molecule has 0 bridgehead atoms. The number of hydrogen-bond donors (Lipinski definition) is 0. The molecular weight excluding hydrogens is 520 g/mol. The molecule has 0 saturated carbocycles. The third-order valence-corrected chi connectivity index (χ3v) is 15.6. The van der Waals surface area contributed by atoms with Crippen molar-refractivity contribution in [3.8, 4) is 0 Å². The van der Waals surface area contributed by atoms with Crippen LogP contribution in [0.5, 0.6) is 0 Å². The molecule has 5 rings (SSSR count). The number of hydrogen-bond acceptors (Lipinski definition) is 5. The van der Waals surface area contributed by atoms with Crippen molar-refractivity contribution in [1.29, 1.82) is 0 Å². The Hall–Kier alpha value is -3.01. The summed E-state index contributed by atoms with van der Waals surface area (Å²) in [5, 5.41) is 13.5. The van der Waals surface area contributed by atoms with Crippen LogP contribution in [0, 0.1) is 0 Å². The molecule has 36 heavy (non-hydrogen) atoms. The first-order chi connectivity index (χ1) is 17.5. The Morgan fingerprint density at radius 1 is 0.556 bits per heavy atom. The summed E-state index contributed by atoms with van der Waals surface area (Å²) in [7, 11) is 0. The van der Waals surface area contributed by atoms with Crippen LogP contribution in [0.1, 0.15) is 11.7 Å². The van der Waals surface area contributed by atoms with Crippen LogP contribution in [-0.2, 0) is 23.6 Å². The second kappa shape index (κ2) is 10.2. The van der Waals surface area contributed by atoms with Crippen LogP contribution in [-0.4, -0.2) is 20.9 Å². The van der Waals surface area contributed by atoms with Gasteiger partial charge in [-0.3, -0.25) is 4.79 Å². The first-order valence-electron chi connectivity index (χ1n) is 11.4. The van der Waals surface area contributed by atoms with Crippen molar-refractivity contribution in [2.75, 3.05) is 0 Å². The van der Waals surface area contributed by atoms with Crippen LogP contribution < -0.4 is 32.1 Å². The molecular formula is C28H23N3OP2S2. The maximum Gasteiger partial charge on any atom is 0.261 e. The molecule has 1 heterocycles. The van der Waals surface area contributed by atoms with Crippen molar-refractivity contribution < 1.29 is 4.79 Å². The lowest BCUT2D eigenvalue weighted by molar-refractivity contribution is 0.0904. The number of benzene rings is 4. The molecule has 0 amide bonds. The summed E-state index contributed by atoms with van der Waals surface area (Å²) in [6.45, 7) is 1.45. The van der Waals surface area contributed by atoms with E-state index < -0.39 is 12.1 Å². The average molecular weight is 544 g/mol. The Labute approximate surface area is 221 Å². The maximum absolute atomic E-state index is 12.6. The Kier molecular flexibility index (Phi) is 6.96. The van der Waals surface area contributed by atoms with Crippen LogP contribution >= 0.6 is 12.1 Å². The quantitative estimate of drug-likeness (QED) is 0.307. The summed E-state index contributed by atoms with van der Waals surface area (Å²) in [4.78, 5) is 13.8. The van der Waals surface area contributed by atoms with E-state index in [0.717, 1.165) is 21.2 Å². The van der Waals surface area contributed by atoms with Crippen LogP contribution in [0.2, 0.25) is 0 Å². The van der Waals surface area contributed by atoms with Gasteiger partial charge in [0.05, 0.1) is 12.1 Å². The molecule has 0 N–H and O–H groups in total. The van der Waals surface area contributed by atoms with E-state index in [1.807, 2.05) is 121 Å². The van der Waals surface area contributed by atoms with Crippen LogP contribution in [0.4, 0.5) is 0 Å². The van der Waals surface area contributed by atoms with E-state index in [2.05, 4.69) is 0 Å². The third-order valence-electron chi connectivity index (χ3n) is 5.94. The van der Waals surface area contributed by atoms with Crippen molar-refractivity contribution in [1.82, 2.24) is 15.0 Å². The van der Waals surface area contributed by atoms with Crippen molar-refractivity contribution in [2.24, 2.45) is 0 Å². The average Bonchev–Trinajstić information content (AvgIpc) is 3.41. The minimum Gasteiger partial charge on any atom is -0.271 e. The van der Waals surface area contributed by atoms with Gasteiger partial charge in [0.25, 0.3) is 5.91 Å². The summed E-state index contributed by atoms with van der Waals surface area (Å²) in [5.41, 5.74) is 1.25. The van der Waals surface area contributed by atoms with Gasteiger partial charge >= 0.3 is 0 Å². The summed E-state index contributed by atoms with van der Waals surface area (Å²) < 4.78 is 0. The largest absolute Gasteiger partial charge is 0.271 e. The molecule has 5 aromatic rings. The van der Waals surface area contributed by atoms with E-state index in [0.29, 0.717) is 10.9 Å². The standard InChI is InChI=1S/C28H23N3OP2S2/c1-22(32)31-29-27(33(35,23-14-6-2-7-15-23)24-16-8-3-9-17-24)28(30-31)34(36,25-18-10-4-11-19-25)26-20-12-5-13-21-26/h2-21H,1H3. The predicted octanol–water partition coefficient (Wildman–Crippen LogP) is 3.45. The SMILES string of the molecule is CC(=O)n1nc(P(=S)(c2ccccc2)c2ccccc2)c(P(=S)(c2ccccc2)c2ccccc2)n1. The van der Waals surface area contributed by atoms with Crippen molar-refractivity contribution >= 4 is 73.7 Å². The molecule has 4 aromatic carbocycles. The van der Waals surface area contributed by atoms with E-state index in [1.165, 1.54) is 11.7 Å². The molecule has 0 radical (unpaired) electrons.